The number of halogens is 1. The normalized spacial score (nSPS) is 19.3. The lowest BCUT2D eigenvalue weighted by molar-refractivity contribution is -0.124. The van der Waals surface area contributed by atoms with Crippen LogP contribution in [0.4, 0.5) is 0 Å². The van der Waals surface area contributed by atoms with Crippen LogP contribution in [-0.4, -0.2) is 35.7 Å². The van der Waals surface area contributed by atoms with Crippen LogP contribution in [0.2, 0.25) is 5.02 Å². The summed E-state index contributed by atoms with van der Waals surface area (Å²) in [6.45, 7) is 3.95. The van der Waals surface area contributed by atoms with Crippen LogP contribution in [0.5, 0.6) is 11.5 Å². The minimum Gasteiger partial charge on any atom is -0.493 e. The Hall–Kier alpha value is -2.05. The summed E-state index contributed by atoms with van der Waals surface area (Å²) in [7, 11) is 1.54. The highest BCUT2D eigenvalue weighted by atomic mass is 35.5. The Kier molecular flexibility index (Phi) is 6.39. The van der Waals surface area contributed by atoms with E-state index in [-0.39, 0.29) is 11.9 Å². The molecule has 3 rings (SSSR count). The van der Waals surface area contributed by atoms with Crippen molar-refractivity contribution in [2.45, 2.75) is 38.1 Å². The molecule has 1 saturated heterocycles. The van der Waals surface area contributed by atoms with E-state index in [1.165, 1.54) is 6.42 Å². The van der Waals surface area contributed by atoms with E-state index in [1.807, 2.05) is 0 Å². The van der Waals surface area contributed by atoms with Gasteiger partial charge in [0.25, 0.3) is 5.91 Å². The molecular weight excluding hydrogens is 384 g/mol. The van der Waals surface area contributed by atoms with Crippen molar-refractivity contribution in [1.29, 1.82) is 0 Å². The van der Waals surface area contributed by atoms with Crippen LogP contribution >= 0.6 is 23.8 Å². The van der Waals surface area contributed by atoms with Gasteiger partial charge in [0.05, 0.1) is 12.1 Å². The molecule has 5 nitrogen and oxygen atoms in total. The molecule has 1 amide bonds. The molecular formula is C20H23ClN2O3S. The Morgan fingerprint density at radius 3 is 2.78 bits per heavy atom. The summed E-state index contributed by atoms with van der Waals surface area (Å²) in [4.78, 5) is 14.6. The molecule has 2 fully saturated rings. The third-order valence-electron chi connectivity index (χ3n) is 4.76. The first-order valence-electron chi connectivity index (χ1n) is 9.02. The van der Waals surface area contributed by atoms with Crippen molar-refractivity contribution >= 4 is 40.9 Å². The van der Waals surface area contributed by atoms with Crippen LogP contribution in [0.25, 0.3) is 6.08 Å². The summed E-state index contributed by atoms with van der Waals surface area (Å²) in [5.74, 6) is 0.855. The van der Waals surface area contributed by atoms with E-state index < -0.39 is 0 Å². The van der Waals surface area contributed by atoms with Gasteiger partial charge >= 0.3 is 0 Å². The SMILES string of the molecule is C=CCOc1c(Cl)cc(C=C2NC(=S)N(C3CCCCC3)C2=O)cc1OC. The van der Waals surface area contributed by atoms with Gasteiger partial charge in [0.1, 0.15) is 12.3 Å². The molecule has 27 heavy (non-hydrogen) atoms. The number of hydrogen-bond acceptors (Lipinski definition) is 4. The summed E-state index contributed by atoms with van der Waals surface area (Å²) in [6, 6.07) is 3.69. The van der Waals surface area contributed by atoms with Crippen molar-refractivity contribution in [3.05, 3.63) is 41.1 Å². The third-order valence-corrected chi connectivity index (χ3v) is 5.34. The van der Waals surface area contributed by atoms with Crippen LogP contribution in [0.1, 0.15) is 37.7 Å². The number of nitrogens with zero attached hydrogens (tertiary/aromatic N) is 1. The second kappa shape index (κ2) is 8.76. The van der Waals surface area contributed by atoms with Gasteiger partial charge in [-0.15, -0.1) is 0 Å². The molecule has 1 aliphatic carbocycles. The lowest BCUT2D eigenvalue weighted by Gasteiger charge is -2.29. The zero-order valence-corrected chi connectivity index (χ0v) is 16.9. The van der Waals surface area contributed by atoms with E-state index in [2.05, 4.69) is 11.9 Å². The van der Waals surface area contributed by atoms with E-state index in [9.17, 15) is 4.79 Å². The molecule has 0 bridgehead atoms. The zero-order valence-electron chi connectivity index (χ0n) is 15.3. The average molecular weight is 407 g/mol. The van der Waals surface area contributed by atoms with Crippen LogP contribution in [0, 0.1) is 0 Å². The van der Waals surface area contributed by atoms with Gasteiger partial charge in [-0.1, -0.05) is 43.5 Å². The topological polar surface area (TPSA) is 50.8 Å². The molecule has 1 saturated carbocycles. The molecule has 0 spiro atoms. The van der Waals surface area contributed by atoms with Gasteiger partial charge in [-0.3, -0.25) is 9.69 Å². The number of nitrogens with one attached hydrogen (secondary N) is 1. The molecule has 1 heterocycles. The maximum Gasteiger partial charge on any atom is 0.276 e. The second-order valence-electron chi connectivity index (χ2n) is 6.59. The van der Waals surface area contributed by atoms with Gasteiger partial charge in [0.15, 0.2) is 16.6 Å². The average Bonchev–Trinajstić information content (AvgIpc) is 2.94. The maximum absolute atomic E-state index is 12.9. The predicted octanol–water partition coefficient (Wildman–Crippen LogP) is 4.30. The molecule has 0 radical (unpaired) electrons. The number of hydrogen-bond donors (Lipinski definition) is 1. The predicted molar refractivity (Wildman–Crippen MR) is 111 cm³/mol. The first-order chi connectivity index (χ1) is 13.0. The summed E-state index contributed by atoms with van der Waals surface area (Å²) < 4.78 is 10.9. The van der Waals surface area contributed by atoms with Crippen molar-refractivity contribution in [2.24, 2.45) is 0 Å². The number of amides is 1. The highest BCUT2D eigenvalue weighted by molar-refractivity contribution is 7.80. The molecule has 144 valence electrons. The van der Waals surface area contributed by atoms with Crippen LogP contribution < -0.4 is 14.8 Å². The molecule has 1 aromatic carbocycles. The Labute approximate surface area is 170 Å². The molecule has 2 aliphatic rings. The van der Waals surface area contributed by atoms with E-state index in [0.29, 0.717) is 33.9 Å². The van der Waals surface area contributed by atoms with Crippen molar-refractivity contribution in [1.82, 2.24) is 10.2 Å². The molecule has 1 N–H and O–H groups in total. The van der Waals surface area contributed by atoms with Gasteiger partial charge in [-0.25, -0.2) is 0 Å². The Balaban J connectivity index is 1.85. The minimum atomic E-state index is -0.0889. The van der Waals surface area contributed by atoms with Crippen molar-refractivity contribution in [3.63, 3.8) is 0 Å². The van der Waals surface area contributed by atoms with Crippen molar-refractivity contribution in [2.75, 3.05) is 13.7 Å². The number of ether oxygens (including phenoxy) is 2. The molecule has 1 aromatic rings. The fourth-order valence-electron chi connectivity index (χ4n) is 3.49. The third kappa shape index (κ3) is 4.28. The molecule has 1 aliphatic heterocycles. The van der Waals surface area contributed by atoms with Crippen LogP contribution in [-0.2, 0) is 4.79 Å². The number of rotatable bonds is 6. The lowest BCUT2D eigenvalue weighted by Crippen LogP contribution is -2.41. The fraction of sp³-hybridized carbons (Fsp3) is 0.400. The first-order valence-corrected chi connectivity index (χ1v) is 9.81. The van der Waals surface area contributed by atoms with E-state index >= 15 is 0 Å². The van der Waals surface area contributed by atoms with Crippen molar-refractivity contribution < 1.29 is 14.3 Å². The highest BCUT2D eigenvalue weighted by Gasteiger charge is 2.36. The maximum atomic E-state index is 12.9. The van der Waals surface area contributed by atoms with Gasteiger partial charge in [-0.2, -0.15) is 0 Å². The quantitative estimate of drug-likeness (QED) is 0.433. The second-order valence-corrected chi connectivity index (χ2v) is 7.38. The molecule has 0 aromatic heterocycles. The van der Waals surface area contributed by atoms with E-state index in [1.54, 1.807) is 36.3 Å². The number of carbonyl (C=O) groups excluding carboxylic acids is 1. The van der Waals surface area contributed by atoms with E-state index in [0.717, 1.165) is 31.2 Å². The number of thiocarbonyl (C=S) groups is 1. The summed E-state index contributed by atoms with van der Waals surface area (Å²) in [5.41, 5.74) is 1.18. The van der Waals surface area contributed by atoms with Gasteiger partial charge < -0.3 is 14.8 Å². The molecule has 7 heteroatoms. The van der Waals surface area contributed by atoms with Gasteiger partial charge in [0.2, 0.25) is 0 Å². The van der Waals surface area contributed by atoms with E-state index in [4.69, 9.17) is 33.3 Å². The molecule has 0 unspecified atom stereocenters. The summed E-state index contributed by atoms with van der Waals surface area (Å²) >= 11 is 11.7. The first kappa shape index (κ1) is 19.7. The number of methoxy groups -OCH3 is 1. The standard InChI is InChI=1S/C20H23ClN2O3S/c1-3-9-26-18-15(21)10-13(12-17(18)25-2)11-16-19(24)23(20(27)22-16)14-7-5-4-6-8-14/h3,10-12,14H,1,4-9H2,2H3,(H,22,27). The lowest BCUT2D eigenvalue weighted by atomic mass is 9.94. The molecule has 0 atom stereocenters. The Morgan fingerprint density at radius 2 is 2.11 bits per heavy atom. The fourth-order valence-corrected chi connectivity index (χ4v) is 4.11. The monoisotopic (exact) mass is 406 g/mol. The smallest absolute Gasteiger partial charge is 0.276 e. The zero-order chi connectivity index (χ0) is 19.4. The van der Waals surface area contributed by atoms with Crippen LogP contribution in [0.3, 0.4) is 0 Å². The number of benzene rings is 1. The Morgan fingerprint density at radius 1 is 1.37 bits per heavy atom. The summed E-state index contributed by atoms with van der Waals surface area (Å²) in [6.07, 6.45) is 8.85. The highest BCUT2D eigenvalue weighted by Crippen LogP contribution is 2.37. The largest absolute Gasteiger partial charge is 0.493 e. The minimum absolute atomic E-state index is 0.0889. The van der Waals surface area contributed by atoms with Gasteiger partial charge in [0, 0.05) is 6.04 Å². The Bertz CT molecular complexity index is 788. The van der Waals surface area contributed by atoms with Crippen LogP contribution in [0.15, 0.2) is 30.5 Å². The summed E-state index contributed by atoms with van der Waals surface area (Å²) in [5, 5.41) is 3.92. The number of carbonyl (C=O) groups is 1. The van der Waals surface area contributed by atoms with Crippen molar-refractivity contribution in [3.8, 4) is 11.5 Å². The van der Waals surface area contributed by atoms with Gasteiger partial charge in [-0.05, 0) is 48.8 Å².